The van der Waals surface area contributed by atoms with E-state index in [-0.39, 0.29) is 18.1 Å². The van der Waals surface area contributed by atoms with Gasteiger partial charge in [0.25, 0.3) is 0 Å². The number of halogens is 1. The summed E-state index contributed by atoms with van der Waals surface area (Å²) in [4.78, 5) is 16.6. The number of benzene rings is 1. The van der Waals surface area contributed by atoms with Crippen LogP contribution in [0.15, 0.2) is 24.3 Å². The minimum atomic E-state index is -0.842. The number of hydrogen-bond donors (Lipinski definition) is 2. The van der Waals surface area contributed by atoms with Crippen LogP contribution in [0.3, 0.4) is 0 Å². The molecule has 1 saturated heterocycles. The Morgan fingerprint density at radius 1 is 1.00 bits per heavy atom. The highest BCUT2D eigenvalue weighted by Gasteiger charge is 2.36. The zero-order chi connectivity index (χ0) is 20.9. The second-order valence-electron chi connectivity index (χ2n) is 9.22. The van der Waals surface area contributed by atoms with E-state index < -0.39 is 11.2 Å². The standard InChI is InChI=1S/C23H35FN2O3/c1-25(17-19-6-8-20(24)9-7-19)18-23(29)12-5-14-26(15-13-23)21(27)16-22(28)10-3-2-4-11-22/h6-9,28-29H,2-5,10-18H2,1H3/t23-/m0/s1. The van der Waals surface area contributed by atoms with Crippen LogP contribution in [0.2, 0.25) is 0 Å². The first-order chi connectivity index (χ1) is 13.8. The topological polar surface area (TPSA) is 64.0 Å². The molecule has 0 bridgehead atoms. The van der Waals surface area contributed by atoms with Crippen molar-refractivity contribution in [2.24, 2.45) is 0 Å². The van der Waals surface area contributed by atoms with E-state index in [9.17, 15) is 19.4 Å². The van der Waals surface area contributed by atoms with Crippen molar-refractivity contribution in [2.45, 2.75) is 75.5 Å². The zero-order valence-electron chi connectivity index (χ0n) is 17.6. The molecular weight excluding hydrogens is 371 g/mol. The first kappa shape index (κ1) is 22.2. The molecule has 1 aromatic carbocycles. The summed E-state index contributed by atoms with van der Waals surface area (Å²) in [6, 6.07) is 6.43. The van der Waals surface area contributed by atoms with Gasteiger partial charge in [0.05, 0.1) is 17.6 Å². The summed E-state index contributed by atoms with van der Waals surface area (Å²) in [5.74, 6) is -0.236. The lowest BCUT2D eigenvalue weighted by atomic mass is 9.82. The van der Waals surface area contributed by atoms with Crippen molar-refractivity contribution >= 4 is 5.91 Å². The molecule has 0 unspecified atom stereocenters. The largest absolute Gasteiger partial charge is 0.389 e. The van der Waals surface area contributed by atoms with Crippen LogP contribution in [0, 0.1) is 5.82 Å². The lowest BCUT2D eigenvalue weighted by molar-refractivity contribution is -0.138. The number of hydrogen-bond acceptors (Lipinski definition) is 4. The SMILES string of the molecule is CN(Cc1ccc(F)cc1)C[C@]1(O)CCCN(C(=O)CC2(O)CCCCC2)CC1. The molecule has 1 heterocycles. The van der Waals surface area contributed by atoms with Gasteiger partial charge in [-0.05, 0) is 56.8 Å². The number of carbonyl (C=O) groups is 1. The summed E-state index contributed by atoms with van der Waals surface area (Å²) >= 11 is 0. The molecule has 2 fully saturated rings. The maximum Gasteiger partial charge on any atom is 0.225 e. The van der Waals surface area contributed by atoms with Gasteiger partial charge in [-0.3, -0.25) is 9.69 Å². The Kier molecular flexibility index (Phi) is 7.30. The molecule has 1 amide bonds. The Balaban J connectivity index is 1.51. The smallest absolute Gasteiger partial charge is 0.225 e. The molecule has 1 aliphatic carbocycles. The number of aliphatic hydroxyl groups is 2. The summed E-state index contributed by atoms with van der Waals surface area (Å²) in [6.45, 7) is 2.31. The van der Waals surface area contributed by atoms with Gasteiger partial charge in [-0.25, -0.2) is 4.39 Å². The fourth-order valence-corrected chi connectivity index (χ4v) is 4.83. The van der Waals surface area contributed by atoms with E-state index in [0.717, 1.165) is 31.2 Å². The Morgan fingerprint density at radius 2 is 1.66 bits per heavy atom. The van der Waals surface area contributed by atoms with Gasteiger partial charge in [0.1, 0.15) is 5.82 Å². The first-order valence-electron chi connectivity index (χ1n) is 10.9. The van der Waals surface area contributed by atoms with Crippen molar-refractivity contribution in [3.63, 3.8) is 0 Å². The highest BCUT2D eigenvalue weighted by molar-refractivity contribution is 5.77. The maximum atomic E-state index is 13.1. The van der Waals surface area contributed by atoms with Gasteiger partial charge in [0.2, 0.25) is 5.91 Å². The lowest BCUT2D eigenvalue weighted by Gasteiger charge is -2.34. The molecule has 5 nitrogen and oxygen atoms in total. The highest BCUT2D eigenvalue weighted by atomic mass is 19.1. The van der Waals surface area contributed by atoms with Crippen LogP contribution in [0.1, 0.15) is 63.4 Å². The summed E-state index contributed by atoms with van der Waals surface area (Å²) in [5, 5.41) is 21.8. The van der Waals surface area contributed by atoms with Crippen LogP contribution in [-0.2, 0) is 11.3 Å². The second kappa shape index (κ2) is 9.54. The van der Waals surface area contributed by atoms with Gasteiger partial charge in [0.15, 0.2) is 0 Å². The number of amides is 1. The van der Waals surface area contributed by atoms with Gasteiger partial charge in [-0.15, -0.1) is 0 Å². The molecule has 162 valence electrons. The van der Waals surface area contributed by atoms with E-state index in [1.165, 1.54) is 12.1 Å². The van der Waals surface area contributed by atoms with E-state index in [2.05, 4.69) is 4.90 Å². The van der Waals surface area contributed by atoms with Gasteiger partial charge in [-0.1, -0.05) is 31.4 Å². The minimum absolute atomic E-state index is 0.0123. The number of carbonyl (C=O) groups excluding carboxylic acids is 1. The van der Waals surface area contributed by atoms with Crippen molar-refractivity contribution in [3.8, 4) is 0 Å². The van der Waals surface area contributed by atoms with Gasteiger partial charge in [0, 0.05) is 26.2 Å². The quantitative estimate of drug-likeness (QED) is 0.762. The molecular formula is C23H35FN2O3. The summed E-state index contributed by atoms with van der Waals surface area (Å²) in [5.41, 5.74) is -0.678. The average Bonchev–Trinajstić information content (AvgIpc) is 2.85. The molecule has 1 aromatic rings. The molecule has 1 aliphatic heterocycles. The Hall–Kier alpha value is -1.50. The lowest BCUT2D eigenvalue weighted by Crippen LogP contribution is -2.43. The Labute approximate surface area is 173 Å². The van der Waals surface area contributed by atoms with Crippen LogP contribution in [0.25, 0.3) is 0 Å². The number of nitrogens with zero attached hydrogens (tertiary/aromatic N) is 2. The Bertz CT molecular complexity index is 675. The van der Waals surface area contributed by atoms with E-state index in [1.54, 1.807) is 12.1 Å². The second-order valence-corrected chi connectivity index (χ2v) is 9.22. The summed E-state index contributed by atoms with van der Waals surface area (Å²) in [6.07, 6.45) is 6.68. The van der Waals surface area contributed by atoms with E-state index in [0.29, 0.717) is 51.9 Å². The van der Waals surface area contributed by atoms with Gasteiger partial charge in [-0.2, -0.15) is 0 Å². The van der Waals surface area contributed by atoms with Gasteiger partial charge >= 0.3 is 0 Å². The van der Waals surface area contributed by atoms with E-state index >= 15 is 0 Å². The molecule has 0 radical (unpaired) electrons. The van der Waals surface area contributed by atoms with Crippen LogP contribution < -0.4 is 0 Å². The predicted molar refractivity (Wildman–Crippen MR) is 111 cm³/mol. The summed E-state index contributed by atoms with van der Waals surface area (Å²) < 4.78 is 13.1. The summed E-state index contributed by atoms with van der Waals surface area (Å²) in [7, 11) is 1.95. The monoisotopic (exact) mass is 406 g/mol. The zero-order valence-corrected chi connectivity index (χ0v) is 17.6. The average molecular weight is 407 g/mol. The van der Waals surface area contributed by atoms with E-state index in [4.69, 9.17) is 0 Å². The molecule has 0 aromatic heterocycles. The molecule has 1 saturated carbocycles. The highest BCUT2D eigenvalue weighted by Crippen LogP contribution is 2.32. The third-order valence-electron chi connectivity index (χ3n) is 6.46. The maximum absolute atomic E-state index is 13.1. The third-order valence-corrected chi connectivity index (χ3v) is 6.46. The molecule has 0 spiro atoms. The fraction of sp³-hybridized carbons (Fsp3) is 0.696. The van der Waals surface area contributed by atoms with Crippen LogP contribution in [0.5, 0.6) is 0 Å². The van der Waals surface area contributed by atoms with Crippen molar-refractivity contribution in [1.29, 1.82) is 0 Å². The van der Waals surface area contributed by atoms with Gasteiger partial charge < -0.3 is 15.1 Å². The van der Waals surface area contributed by atoms with Crippen molar-refractivity contribution in [1.82, 2.24) is 9.80 Å². The number of likely N-dealkylation sites (tertiary alicyclic amines) is 1. The molecule has 6 heteroatoms. The molecule has 2 aliphatic rings. The minimum Gasteiger partial charge on any atom is -0.389 e. The third kappa shape index (κ3) is 6.49. The number of likely N-dealkylation sites (N-methyl/N-ethyl adjacent to an activating group) is 1. The molecule has 3 rings (SSSR count). The van der Waals surface area contributed by atoms with Crippen LogP contribution in [0.4, 0.5) is 4.39 Å². The fourth-order valence-electron chi connectivity index (χ4n) is 4.83. The Morgan fingerprint density at radius 3 is 2.34 bits per heavy atom. The predicted octanol–water partition coefficient (Wildman–Crippen LogP) is 3.09. The first-order valence-corrected chi connectivity index (χ1v) is 10.9. The van der Waals surface area contributed by atoms with Crippen LogP contribution in [-0.4, -0.2) is 63.8 Å². The normalized spacial score (nSPS) is 25.1. The number of rotatable bonds is 6. The van der Waals surface area contributed by atoms with Crippen molar-refractivity contribution in [2.75, 3.05) is 26.7 Å². The van der Waals surface area contributed by atoms with Crippen LogP contribution >= 0.6 is 0 Å². The molecule has 2 N–H and O–H groups in total. The van der Waals surface area contributed by atoms with Crippen molar-refractivity contribution in [3.05, 3.63) is 35.6 Å². The van der Waals surface area contributed by atoms with E-state index in [1.807, 2.05) is 11.9 Å². The van der Waals surface area contributed by atoms with Crippen molar-refractivity contribution < 1.29 is 19.4 Å². The molecule has 1 atom stereocenters. The molecule has 29 heavy (non-hydrogen) atoms.